The zero-order valence-corrected chi connectivity index (χ0v) is 13.7. The summed E-state index contributed by atoms with van der Waals surface area (Å²) < 4.78 is 5.25. The van der Waals surface area contributed by atoms with Gasteiger partial charge < -0.3 is 14.2 Å². The molecule has 0 aromatic carbocycles. The van der Waals surface area contributed by atoms with Gasteiger partial charge in [-0.25, -0.2) is 0 Å². The highest BCUT2D eigenvalue weighted by atomic mass is 16.3. The fourth-order valence-electron chi connectivity index (χ4n) is 4.14. The Balaban J connectivity index is 1.48. The van der Waals surface area contributed by atoms with E-state index in [2.05, 4.69) is 4.90 Å². The summed E-state index contributed by atoms with van der Waals surface area (Å²) in [5.74, 6) is 1.67. The highest BCUT2D eigenvalue weighted by Gasteiger charge is 2.50. The van der Waals surface area contributed by atoms with E-state index in [4.69, 9.17) is 4.42 Å². The van der Waals surface area contributed by atoms with E-state index in [1.807, 2.05) is 11.8 Å². The van der Waals surface area contributed by atoms with E-state index < -0.39 is 0 Å². The van der Waals surface area contributed by atoms with Crippen LogP contribution in [0, 0.1) is 18.3 Å². The average molecular weight is 316 g/mol. The molecule has 0 N–H and O–H groups in total. The molecular weight excluding hydrogens is 292 g/mol. The van der Waals surface area contributed by atoms with Gasteiger partial charge in [0.2, 0.25) is 5.91 Å². The number of likely N-dealkylation sites (tertiary alicyclic amines) is 2. The molecule has 4 rings (SSSR count). The van der Waals surface area contributed by atoms with E-state index in [0.717, 1.165) is 38.3 Å². The van der Waals surface area contributed by atoms with E-state index >= 15 is 0 Å². The zero-order valence-electron chi connectivity index (χ0n) is 13.7. The van der Waals surface area contributed by atoms with Crippen molar-refractivity contribution >= 4 is 11.8 Å². The first-order chi connectivity index (χ1) is 11.1. The molecule has 3 aliphatic rings. The van der Waals surface area contributed by atoms with Crippen molar-refractivity contribution in [1.82, 2.24) is 9.80 Å². The largest absolute Gasteiger partial charge is 0.469 e. The first-order valence-corrected chi connectivity index (χ1v) is 8.72. The summed E-state index contributed by atoms with van der Waals surface area (Å²) in [5, 5.41) is 0. The molecule has 3 fully saturated rings. The summed E-state index contributed by atoms with van der Waals surface area (Å²) in [7, 11) is 0. The van der Waals surface area contributed by atoms with Crippen LogP contribution in [-0.2, 0) is 4.79 Å². The molecule has 1 saturated carbocycles. The second-order valence-electron chi connectivity index (χ2n) is 7.45. The molecule has 2 saturated heterocycles. The highest BCUT2D eigenvalue weighted by Crippen LogP contribution is 2.42. The number of piperidine rings is 1. The molecule has 5 heteroatoms. The Kier molecular flexibility index (Phi) is 3.47. The predicted octanol–water partition coefficient (Wildman–Crippen LogP) is 2.45. The van der Waals surface area contributed by atoms with Gasteiger partial charge in [-0.3, -0.25) is 9.59 Å². The van der Waals surface area contributed by atoms with Crippen molar-refractivity contribution in [2.75, 3.05) is 26.2 Å². The topological polar surface area (TPSA) is 53.8 Å². The second-order valence-corrected chi connectivity index (χ2v) is 7.45. The molecule has 1 atom stereocenters. The minimum absolute atomic E-state index is 0.000224. The third kappa shape index (κ3) is 2.56. The third-order valence-corrected chi connectivity index (χ3v) is 5.73. The fraction of sp³-hybridized carbons (Fsp3) is 0.667. The van der Waals surface area contributed by atoms with Crippen molar-refractivity contribution < 1.29 is 14.0 Å². The summed E-state index contributed by atoms with van der Waals surface area (Å²) in [6.45, 7) is 4.87. The lowest BCUT2D eigenvalue weighted by molar-refractivity contribution is -0.145. The maximum atomic E-state index is 13.0. The molecule has 23 heavy (non-hydrogen) atoms. The third-order valence-electron chi connectivity index (χ3n) is 5.73. The summed E-state index contributed by atoms with van der Waals surface area (Å²) in [6.07, 6.45) is 6.86. The van der Waals surface area contributed by atoms with E-state index in [-0.39, 0.29) is 17.2 Å². The van der Waals surface area contributed by atoms with Crippen LogP contribution in [0.3, 0.4) is 0 Å². The van der Waals surface area contributed by atoms with Crippen molar-refractivity contribution in [3.05, 3.63) is 23.7 Å². The summed E-state index contributed by atoms with van der Waals surface area (Å²) >= 11 is 0. The Morgan fingerprint density at radius 3 is 2.87 bits per heavy atom. The lowest BCUT2D eigenvalue weighted by atomic mass is 9.78. The van der Waals surface area contributed by atoms with Gasteiger partial charge >= 0.3 is 0 Å². The first-order valence-electron chi connectivity index (χ1n) is 8.72. The Morgan fingerprint density at radius 2 is 2.17 bits per heavy atom. The summed E-state index contributed by atoms with van der Waals surface area (Å²) in [5.41, 5.74) is 0.292. The van der Waals surface area contributed by atoms with Gasteiger partial charge in [-0.2, -0.15) is 0 Å². The molecular formula is C18H24N2O3. The molecule has 2 amide bonds. The lowest BCUT2D eigenvalue weighted by Crippen LogP contribution is -2.50. The van der Waals surface area contributed by atoms with Gasteiger partial charge in [-0.15, -0.1) is 0 Å². The summed E-state index contributed by atoms with van der Waals surface area (Å²) in [6, 6.07) is 1.73. The van der Waals surface area contributed by atoms with Crippen LogP contribution in [-0.4, -0.2) is 47.8 Å². The SMILES string of the molecule is Cc1occc1C(=O)N1CCC2(CCCN(CC3CC3)C2=O)C1. The molecule has 1 unspecified atom stereocenters. The van der Waals surface area contributed by atoms with Crippen LogP contribution >= 0.6 is 0 Å². The summed E-state index contributed by atoms with van der Waals surface area (Å²) in [4.78, 5) is 29.6. The monoisotopic (exact) mass is 316 g/mol. The van der Waals surface area contributed by atoms with Gasteiger partial charge in [-0.05, 0) is 51.0 Å². The Hall–Kier alpha value is -1.78. The number of hydrogen-bond donors (Lipinski definition) is 0. The molecule has 5 nitrogen and oxygen atoms in total. The molecule has 2 aliphatic heterocycles. The van der Waals surface area contributed by atoms with Crippen LogP contribution in [0.1, 0.15) is 48.2 Å². The van der Waals surface area contributed by atoms with E-state index in [1.165, 1.54) is 12.8 Å². The van der Waals surface area contributed by atoms with Gasteiger partial charge in [0.1, 0.15) is 5.76 Å². The number of carbonyl (C=O) groups excluding carboxylic acids is 2. The number of amides is 2. The number of carbonyl (C=O) groups is 2. The number of nitrogens with zero attached hydrogens (tertiary/aromatic N) is 2. The standard InChI is InChI=1S/C18H24N2O3/c1-13-15(5-10-23-13)16(21)20-9-7-18(12-20)6-2-8-19(17(18)22)11-14-3-4-14/h5,10,14H,2-4,6-9,11-12H2,1H3. The number of furan rings is 1. The number of rotatable bonds is 3. The van der Waals surface area contributed by atoms with E-state index in [1.54, 1.807) is 12.3 Å². The Labute approximate surface area is 136 Å². The van der Waals surface area contributed by atoms with Crippen LogP contribution in [0.25, 0.3) is 0 Å². The molecule has 1 aliphatic carbocycles. The van der Waals surface area contributed by atoms with Crippen LogP contribution in [0.4, 0.5) is 0 Å². The van der Waals surface area contributed by atoms with Crippen molar-refractivity contribution in [2.45, 2.75) is 39.0 Å². The molecule has 124 valence electrons. The van der Waals surface area contributed by atoms with Gasteiger partial charge in [-0.1, -0.05) is 0 Å². The van der Waals surface area contributed by atoms with Crippen LogP contribution in [0.5, 0.6) is 0 Å². The van der Waals surface area contributed by atoms with Gasteiger partial charge in [0.25, 0.3) is 5.91 Å². The van der Waals surface area contributed by atoms with Crippen LogP contribution < -0.4 is 0 Å². The molecule has 0 bridgehead atoms. The Bertz CT molecular complexity index is 634. The maximum Gasteiger partial charge on any atom is 0.257 e. The van der Waals surface area contributed by atoms with Crippen molar-refractivity contribution in [3.8, 4) is 0 Å². The lowest BCUT2D eigenvalue weighted by Gasteiger charge is -2.39. The normalized spacial score (nSPS) is 28.0. The van der Waals surface area contributed by atoms with E-state index in [9.17, 15) is 9.59 Å². The maximum absolute atomic E-state index is 13.0. The quantitative estimate of drug-likeness (QED) is 0.861. The molecule has 3 heterocycles. The van der Waals surface area contributed by atoms with Crippen molar-refractivity contribution in [1.29, 1.82) is 0 Å². The molecule has 1 aromatic heterocycles. The predicted molar refractivity (Wildman–Crippen MR) is 84.9 cm³/mol. The van der Waals surface area contributed by atoms with Crippen molar-refractivity contribution in [2.24, 2.45) is 11.3 Å². The molecule has 1 aromatic rings. The van der Waals surface area contributed by atoms with E-state index in [0.29, 0.717) is 24.4 Å². The van der Waals surface area contributed by atoms with Crippen molar-refractivity contribution in [3.63, 3.8) is 0 Å². The van der Waals surface area contributed by atoms with Crippen LogP contribution in [0.2, 0.25) is 0 Å². The van der Waals surface area contributed by atoms with Crippen LogP contribution in [0.15, 0.2) is 16.7 Å². The minimum Gasteiger partial charge on any atom is -0.469 e. The number of hydrogen-bond acceptors (Lipinski definition) is 3. The average Bonchev–Trinajstić information content (AvgIpc) is 3.08. The zero-order chi connectivity index (χ0) is 16.0. The highest BCUT2D eigenvalue weighted by molar-refractivity contribution is 5.96. The Morgan fingerprint density at radius 1 is 1.35 bits per heavy atom. The molecule has 1 spiro atoms. The first kappa shape index (κ1) is 14.8. The number of aryl methyl sites for hydroxylation is 1. The smallest absolute Gasteiger partial charge is 0.257 e. The van der Waals surface area contributed by atoms with Gasteiger partial charge in [0.05, 0.1) is 17.2 Å². The van der Waals surface area contributed by atoms with Gasteiger partial charge in [0, 0.05) is 26.2 Å². The molecule has 0 radical (unpaired) electrons. The fourth-order valence-corrected chi connectivity index (χ4v) is 4.14. The second kappa shape index (κ2) is 5.39. The minimum atomic E-state index is -0.333. The van der Waals surface area contributed by atoms with Gasteiger partial charge in [0.15, 0.2) is 0 Å².